The van der Waals surface area contributed by atoms with Crippen molar-refractivity contribution in [2.24, 2.45) is 17.3 Å². The van der Waals surface area contributed by atoms with Crippen LogP contribution in [0.1, 0.15) is 26.2 Å². The van der Waals surface area contributed by atoms with Gasteiger partial charge in [0.1, 0.15) is 5.78 Å². The third-order valence-electron chi connectivity index (χ3n) is 3.70. The molecule has 1 N–H and O–H groups in total. The molecule has 0 unspecified atom stereocenters. The number of rotatable bonds is 1. The number of ketones is 1. The standard InChI is InChI=1S/C9H14O2/c1-9-3-2-6(4-8(9)11)7(9)5-10/h6-7,10H,2-5H2,1H3/t6-,7+,9-/m0/s1. The lowest BCUT2D eigenvalue weighted by Crippen LogP contribution is -2.28. The molecule has 2 heteroatoms. The third-order valence-corrected chi connectivity index (χ3v) is 3.70. The van der Waals surface area contributed by atoms with Crippen molar-refractivity contribution < 1.29 is 9.90 Å². The Morgan fingerprint density at radius 3 is 2.73 bits per heavy atom. The fraction of sp³-hybridized carbons (Fsp3) is 0.889. The van der Waals surface area contributed by atoms with Crippen LogP contribution >= 0.6 is 0 Å². The van der Waals surface area contributed by atoms with Crippen LogP contribution in [-0.4, -0.2) is 17.5 Å². The second kappa shape index (κ2) is 2.07. The van der Waals surface area contributed by atoms with Crippen LogP contribution in [-0.2, 0) is 4.79 Å². The Hall–Kier alpha value is -0.370. The van der Waals surface area contributed by atoms with Gasteiger partial charge in [0.25, 0.3) is 0 Å². The number of aliphatic hydroxyl groups excluding tert-OH is 1. The quantitative estimate of drug-likeness (QED) is 0.611. The van der Waals surface area contributed by atoms with Gasteiger partial charge in [0, 0.05) is 18.4 Å². The summed E-state index contributed by atoms with van der Waals surface area (Å²) >= 11 is 0. The molecule has 2 nitrogen and oxygen atoms in total. The summed E-state index contributed by atoms with van der Waals surface area (Å²) in [5, 5.41) is 9.08. The molecule has 3 atom stereocenters. The number of hydrogen-bond acceptors (Lipinski definition) is 2. The van der Waals surface area contributed by atoms with Gasteiger partial charge >= 0.3 is 0 Å². The Kier molecular flexibility index (Phi) is 1.37. The van der Waals surface area contributed by atoms with Gasteiger partial charge in [0.05, 0.1) is 0 Å². The van der Waals surface area contributed by atoms with Crippen molar-refractivity contribution in [2.45, 2.75) is 26.2 Å². The largest absolute Gasteiger partial charge is 0.396 e. The van der Waals surface area contributed by atoms with Crippen molar-refractivity contribution in [2.75, 3.05) is 6.61 Å². The molecule has 0 aromatic rings. The second-order valence-corrected chi connectivity index (χ2v) is 4.13. The van der Waals surface area contributed by atoms with Crippen molar-refractivity contribution in [3.8, 4) is 0 Å². The molecule has 0 radical (unpaired) electrons. The second-order valence-electron chi connectivity index (χ2n) is 4.13. The van der Waals surface area contributed by atoms with E-state index < -0.39 is 0 Å². The first-order valence-corrected chi connectivity index (χ1v) is 4.32. The zero-order valence-corrected chi connectivity index (χ0v) is 6.84. The minimum atomic E-state index is -0.153. The Morgan fingerprint density at radius 2 is 2.45 bits per heavy atom. The Labute approximate surface area is 66.6 Å². The van der Waals surface area contributed by atoms with Gasteiger partial charge < -0.3 is 5.11 Å². The van der Waals surface area contributed by atoms with E-state index in [0.717, 1.165) is 19.3 Å². The van der Waals surface area contributed by atoms with E-state index in [1.165, 1.54) is 0 Å². The van der Waals surface area contributed by atoms with Crippen LogP contribution in [0.4, 0.5) is 0 Å². The maximum atomic E-state index is 11.4. The molecule has 62 valence electrons. The van der Waals surface area contributed by atoms with Crippen LogP contribution in [0.3, 0.4) is 0 Å². The summed E-state index contributed by atoms with van der Waals surface area (Å²) in [6.07, 6.45) is 2.87. The molecule has 0 aliphatic heterocycles. The van der Waals surface area contributed by atoms with Crippen molar-refractivity contribution in [1.82, 2.24) is 0 Å². The first-order chi connectivity index (χ1) is 5.18. The van der Waals surface area contributed by atoms with E-state index in [-0.39, 0.29) is 17.9 Å². The van der Waals surface area contributed by atoms with Gasteiger partial charge in [-0.05, 0) is 24.7 Å². The highest BCUT2D eigenvalue weighted by atomic mass is 16.3. The normalized spacial score (nSPS) is 48.7. The molecule has 0 heterocycles. The fourth-order valence-electron chi connectivity index (χ4n) is 2.80. The maximum absolute atomic E-state index is 11.4. The van der Waals surface area contributed by atoms with Crippen LogP contribution < -0.4 is 0 Å². The fourth-order valence-corrected chi connectivity index (χ4v) is 2.80. The van der Waals surface area contributed by atoms with Crippen molar-refractivity contribution >= 4 is 5.78 Å². The molecule has 2 rings (SSSR count). The van der Waals surface area contributed by atoms with Gasteiger partial charge in [0.2, 0.25) is 0 Å². The average molecular weight is 154 g/mol. The topological polar surface area (TPSA) is 37.3 Å². The SMILES string of the molecule is C[C@@]12CC[C@@H](CC1=O)[C@H]2CO. The summed E-state index contributed by atoms with van der Waals surface area (Å²) in [6.45, 7) is 2.22. The van der Waals surface area contributed by atoms with Gasteiger partial charge in [-0.1, -0.05) is 6.92 Å². The molecule has 2 saturated carbocycles. The summed E-state index contributed by atoms with van der Waals surface area (Å²) in [4.78, 5) is 11.4. The molecule has 0 saturated heterocycles. The summed E-state index contributed by atoms with van der Waals surface area (Å²) in [5.41, 5.74) is -0.153. The smallest absolute Gasteiger partial charge is 0.139 e. The summed E-state index contributed by atoms with van der Waals surface area (Å²) in [5.74, 6) is 1.15. The number of fused-ring (bicyclic) bond motifs is 2. The van der Waals surface area contributed by atoms with Gasteiger partial charge in [-0.3, -0.25) is 4.79 Å². The van der Waals surface area contributed by atoms with Crippen molar-refractivity contribution in [3.05, 3.63) is 0 Å². The molecule has 2 aliphatic rings. The van der Waals surface area contributed by atoms with E-state index in [9.17, 15) is 4.79 Å². The first-order valence-electron chi connectivity index (χ1n) is 4.32. The molecule has 0 amide bonds. The van der Waals surface area contributed by atoms with Crippen molar-refractivity contribution in [1.29, 1.82) is 0 Å². The van der Waals surface area contributed by atoms with Crippen LogP contribution in [0.25, 0.3) is 0 Å². The van der Waals surface area contributed by atoms with Crippen LogP contribution in [0.5, 0.6) is 0 Å². The number of carbonyl (C=O) groups excluding carboxylic acids is 1. The number of Topliss-reactive ketones (excluding diaryl/α,β-unsaturated/α-hetero) is 1. The number of carbonyl (C=O) groups is 1. The van der Waals surface area contributed by atoms with Gasteiger partial charge in [-0.25, -0.2) is 0 Å². The molecule has 0 aromatic heterocycles. The predicted octanol–water partition coefficient (Wildman–Crippen LogP) is 0.984. The molecule has 11 heavy (non-hydrogen) atoms. The third kappa shape index (κ3) is 0.734. The molecule has 0 spiro atoms. The monoisotopic (exact) mass is 154 g/mol. The highest BCUT2D eigenvalue weighted by Crippen LogP contribution is 2.55. The number of hydrogen-bond donors (Lipinski definition) is 1. The van der Waals surface area contributed by atoms with E-state index in [1.54, 1.807) is 0 Å². The summed E-state index contributed by atoms with van der Waals surface area (Å²) in [6, 6.07) is 0. The lowest BCUT2D eigenvalue weighted by Gasteiger charge is -2.23. The van der Waals surface area contributed by atoms with E-state index in [2.05, 4.69) is 0 Å². The lowest BCUT2D eigenvalue weighted by molar-refractivity contribution is -0.127. The Bertz CT molecular complexity index is 200. The van der Waals surface area contributed by atoms with Gasteiger partial charge in [-0.2, -0.15) is 0 Å². The van der Waals surface area contributed by atoms with E-state index in [1.807, 2.05) is 6.92 Å². The highest BCUT2D eigenvalue weighted by molar-refractivity contribution is 5.88. The first kappa shape index (κ1) is 7.29. The Balaban J connectivity index is 2.31. The zero-order chi connectivity index (χ0) is 8.06. The average Bonchev–Trinajstić information content (AvgIpc) is 2.38. The summed E-state index contributed by atoms with van der Waals surface area (Å²) in [7, 11) is 0. The minimum Gasteiger partial charge on any atom is -0.396 e. The number of aliphatic hydroxyl groups is 1. The van der Waals surface area contributed by atoms with E-state index >= 15 is 0 Å². The Morgan fingerprint density at radius 1 is 1.73 bits per heavy atom. The molecule has 2 fully saturated rings. The molecular formula is C9H14O2. The van der Waals surface area contributed by atoms with E-state index in [0.29, 0.717) is 11.7 Å². The lowest BCUT2D eigenvalue weighted by atomic mass is 9.80. The van der Waals surface area contributed by atoms with Crippen LogP contribution in [0.15, 0.2) is 0 Å². The van der Waals surface area contributed by atoms with Gasteiger partial charge in [-0.15, -0.1) is 0 Å². The predicted molar refractivity (Wildman–Crippen MR) is 41.0 cm³/mol. The van der Waals surface area contributed by atoms with E-state index in [4.69, 9.17) is 5.11 Å². The van der Waals surface area contributed by atoms with Gasteiger partial charge in [0.15, 0.2) is 0 Å². The molecule has 2 aliphatic carbocycles. The highest BCUT2D eigenvalue weighted by Gasteiger charge is 2.55. The minimum absolute atomic E-state index is 0.153. The maximum Gasteiger partial charge on any atom is 0.139 e. The molecule has 2 bridgehead atoms. The molecular weight excluding hydrogens is 140 g/mol. The van der Waals surface area contributed by atoms with Crippen LogP contribution in [0.2, 0.25) is 0 Å². The van der Waals surface area contributed by atoms with Crippen LogP contribution in [0, 0.1) is 17.3 Å². The molecule has 0 aromatic carbocycles. The summed E-state index contributed by atoms with van der Waals surface area (Å²) < 4.78 is 0. The zero-order valence-electron chi connectivity index (χ0n) is 6.84. The van der Waals surface area contributed by atoms with Crippen molar-refractivity contribution in [3.63, 3.8) is 0 Å².